The fourth-order valence-electron chi connectivity index (χ4n) is 3.43. The number of allylic oxidation sites excluding steroid dienone is 4. The van der Waals surface area contributed by atoms with Gasteiger partial charge in [-0.25, -0.2) is 0 Å². The van der Waals surface area contributed by atoms with Gasteiger partial charge in [0.1, 0.15) is 22.8 Å². The van der Waals surface area contributed by atoms with Crippen LogP contribution in [0.1, 0.15) is 61.2 Å². The molecule has 0 heterocycles. The third-order valence-corrected chi connectivity index (χ3v) is 5.14. The van der Waals surface area contributed by atoms with Gasteiger partial charge in [0.05, 0.1) is 7.11 Å². The summed E-state index contributed by atoms with van der Waals surface area (Å²) in [7, 11) is 1.49. The number of carbonyl (C=O) groups is 1. The lowest BCUT2D eigenvalue weighted by Gasteiger charge is -2.14. The summed E-state index contributed by atoms with van der Waals surface area (Å²) in [6.45, 7) is 7.74. The molecule has 0 aliphatic carbocycles. The zero-order chi connectivity index (χ0) is 24.0. The van der Waals surface area contributed by atoms with Crippen LogP contribution in [0.3, 0.4) is 0 Å². The van der Waals surface area contributed by atoms with Crippen LogP contribution in [0.25, 0.3) is 0 Å². The molecule has 0 saturated heterocycles. The predicted octanol–water partition coefficient (Wildman–Crippen LogP) is 5.35. The fourth-order valence-corrected chi connectivity index (χ4v) is 3.43. The van der Waals surface area contributed by atoms with Gasteiger partial charge in [0.2, 0.25) is 0 Å². The normalized spacial score (nSPS) is 10.5. The van der Waals surface area contributed by atoms with Gasteiger partial charge < -0.3 is 25.2 Å². The van der Waals surface area contributed by atoms with Gasteiger partial charge in [-0.1, -0.05) is 29.4 Å². The van der Waals surface area contributed by atoms with Crippen LogP contribution in [-0.4, -0.2) is 33.3 Å². The van der Waals surface area contributed by atoms with Crippen LogP contribution >= 0.6 is 0 Å². The van der Waals surface area contributed by atoms with Gasteiger partial charge in [-0.3, -0.25) is 4.79 Å². The minimum absolute atomic E-state index is 0.00182. The molecule has 2 aromatic carbocycles. The zero-order valence-corrected chi connectivity index (χ0v) is 19.3. The molecule has 0 aromatic heterocycles. The van der Waals surface area contributed by atoms with Gasteiger partial charge in [0.25, 0.3) is 0 Å². The molecular weight excluding hydrogens is 408 g/mol. The van der Waals surface area contributed by atoms with Crippen LogP contribution in [0.4, 0.5) is 0 Å². The molecule has 0 aliphatic heterocycles. The first-order valence-corrected chi connectivity index (χ1v) is 10.5. The summed E-state index contributed by atoms with van der Waals surface area (Å²) in [4.78, 5) is 12.9. The molecule has 0 atom stereocenters. The van der Waals surface area contributed by atoms with E-state index in [0.29, 0.717) is 18.6 Å². The second-order valence-electron chi connectivity index (χ2n) is 8.32. The van der Waals surface area contributed by atoms with Crippen molar-refractivity contribution in [3.05, 3.63) is 63.8 Å². The number of ether oxygens (including phenoxy) is 1. The first-order valence-electron chi connectivity index (χ1n) is 10.5. The number of hydrogen-bond donors (Lipinski definition) is 4. The van der Waals surface area contributed by atoms with Crippen LogP contribution < -0.4 is 4.74 Å². The zero-order valence-electron chi connectivity index (χ0n) is 19.3. The molecule has 6 nitrogen and oxygen atoms in total. The summed E-state index contributed by atoms with van der Waals surface area (Å²) < 4.78 is 5.31. The molecule has 172 valence electrons. The standard InChI is InChI=1S/C26H32O6/c1-15(2)6-9-18-12-17(13-23(30)26(18)32-5)8-11-20(27)24-22(29)14-21(28)19(25(24)31)10-7-16(3)4/h6-7,12-14,28-31H,8-11H2,1-5H3. The maximum absolute atomic E-state index is 12.9. The summed E-state index contributed by atoms with van der Waals surface area (Å²) in [5.41, 5.74) is 3.65. The van der Waals surface area contributed by atoms with Crippen LogP contribution in [0.5, 0.6) is 28.7 Å². The lowest BCUT2D eigenvalue weighted by molar-refractivity contribution is 0.0977. The van der Waals surface area contributed by atoms with Crippen molar-refractivity contribution in [3.8, 4) is 28.7 Å². The Labute approximate surface area is 189 Å². The number of aromatic hydroxyl groups is 4. The predicted molar refractivity (Wildman–Crippen MR) is 125 cm³/mol. The smallest absolute Gasteiger partial charge is 0.170 e. The van der Waals surface area contributed by atoms with Crippen molar-refractivity contribution in [3.63, 3.8) is 0 Å². The molecule has 6 heteroatoms. The Bertz CT molecular complexity index is 1050. The number of rotatable bonds is 9. The number of phenols is 4. The maximum atomic E-state index is 12.9. The molecular formula is C26H32O6. The summed E-state index contributed by atoms with van der Waals surface area (Å²) in [6, 6.07) is 4.51. The van der Waals surface area contributed by atoms with E-state index in [1.165, 1.54) is 7.11 Å². The van der Waals surface area contributed by atoms with Crippen LogP contribution in [0.15, 0.2) is 41.5 Å². The van der Waals surface area contributed by atoms with E-state index in [2.05, 4.69) is 0 Å². The Morgan fingerprint density at radius 3 is 2.09 bits per heavy atom. The minimum atomic E-state index is -0.465. The van der Waals surface area contributed by atoms with E-state index in [9.17, 15) is 25.2 Å². The molecule has 0 aliphatic rings. The first kappa shape index (κ1) is 24.9. The van der Waals surface area contributed by atoms with E-state index >= 15 is 0 Å². The number of carbonyl (C=O) groups excluding carboxylic acids is 1. The number of methoxy groups -OCH3 is 1. The summed E-state index contributed by atoms with van der Waals surface area (Å²) in [6.07, 6.45) is 4.94. The molecule has 0 fully saturated rings. The molecule has 4 N–H and O–H groups in total. The van der Waals surface area contributed by atoms with E-state index in [1.54, 1.807) is 6.07 Å². The lowest BCUT2D eigenvalue weighted by atomic mass is 9.95. The molecule has 0 amide bonds. The van der Waals surface area contributed by atoms with E-state index in [-0.39, 0.29) is 35.5 Å². The second-order valence-corrected chi connectivity index (χ2v) is 8.32. The molecule has 32 heavy (non-hydrogen) atoms. The van der Waals surface area contributed by atoms with Gasteiger partial charge in [-0.2, -0.15) is 0 Å². The molecule has 0 radical (unpaired) electrons. The van der Waals surface area contributed by atoms with Crippen molar-refractivity contribution < 1.29 is 30.0 Å². The summed E-state index contributed by atoms with van der Waals surface area (Å²) in [5, 5.41) is 41.2. The summed E-state index contributed by atoms with van der Waals surface area (Å²) in [5.74, 6) is -1.21. The number of phenolic OH excluding ortho intramolecular Hbond substituents is 4. The monoisotopic (exact) mass is 440 g/mol. The van der Waals surface area contributed by atoms with Crippen LogP contribution in [0.2, 0.25) is 0 Å². The van der Waals surface area contributed by atoms with Gasteiger partial charge in [-0.15, -0.1) is 0 Å². The fraction of sp³-hybridized carbons (Fsp3) is 0.346. The lowest BCUT2D eigenvalue weighted by Crippen LogP contribution is -2.05. The molecule has 0 spiro atoms. The average molecular weight is 441 g/mol. The van der Waals surface area contributed by atoms with Gasteiger partial charge in [-0.05, 0) is 58.6 Å². The Balaban J connectivity index is 2.30. The average Bonchev–Trinajstić information content (AvgIpc) is 2.69. The van der Waals surface area contributed by atoms with E-state index in [4.69, 9.17) is 4.74 Å². The molecule has 0 bridgehead atoms. The van der Waals surface area contributed by atoms with Crippen molar-refractivity contribution >= 4 is 5.78 Å². The van der Waals surface area contributed by atoms with Crippen molar-refractivity contribution in [2.75, 3.05) is 7.11 Å². The SMILES string of the molecule is COc1c(O)cc(CCC(=O)c2c(O)cc(O)c(CC=C(C)C)c2O)cc1CC=C(C)C. The van der Waals surface area contributed by atoms with Crippen LogP contribution in [-0.2, 0) is 19.3 Å². The van der Waals surface area contributed by atoms with Crippen molar-refractivity contribution in [2.24, 2.45) is 0 Å². The van der Waals surface area contributed by atoms with E-state index in [0.717, 1.165) is 28.3 Å². The van der Waals surface area contributed by atoms with Gasteiger partial charge in [0, 0.05) is 23.6 Å². The van der Waals surface area contributed by atoms with Crippen LogP contribution in [0, 0.1) is 0 Å². The van der Waals surface area contributed by atoms with Gasteiger partial charge >= 0.3 is 0 Å². The third kappa shape index (κ3) is 6.06. The van der Waals surface area contributed by atoms with Crippen molar-refractivity contribution in [2.45, 2.75) is 53.4 Å². The highest BCUT2D eigenvalue weighted by Crippen LogP contribution is 2.39. The molecule has 0 saturated carbocycles. The highest BCUT2D eigenvalue weighted by atomic mass is 16.5. The summed E-state index contributed by atoms with van der Waals surface area (Å²) >= 11 is 0. The maximum Gasteiger partial charge on any atom is 0.170 e. The number of aryl methyl sites for hydroxylation is 1. The topological polar surface area (TPSA) is 107 Å². The Kier molecular flexibility index (Phi) is 8.35. The van der Waals surface area contributed by atoms with E-state index < -0.39 is 17.3 Å². The molecule has 2 rings (SSSR count). The molecule has 0 unspecified atom stereocenters. The largest absolute Gasteiger partial charge is 0.507 e. The number of hydrogen-bond acceptors (Lipinski definition) is 6. The Morgan fingerprint density at radius 2 is 1.50 bits per heavy atom. The Morgan fingerprint density at radius 1 is 0.875 bits per heavy atom. The third-order valence-electron chi connectivity index (χ3n) is 5.14. The Hall–Kier alpha value is -3.41. The second kappa shape index (κ2) is 10.8. The highest BCUT2D eigenvalue weighted by Gasteiger charge is 2.22. The first-order chi connectivity index (χ1) is 15.0. The van der Waals surface area contributed by atoms with Crippen molar-refractivity contribution in [1.82, 2.24) is 0 Å². The number of benzene rings is 2. The quantitative estimate of drug-likeness (QED) is 0.309. The minimum Gasteiger partial charge on any atom is -0.507 e. The molecule has 2 aromatic rings. The van der Waals surface area contributed by atoms with Gasteiger partial charge in [0.15, 0.2) is 17.3 Å². The number of ketones is 1. The van der Waals surface area contributed by atoms with E-state index in [1.807, 2.05) is 45.9 Å². The highest BCUT2D eigenvalue weighted by molar-refractivity contribution is 6.02. The number of Topliss-reactive ketones (excluding diaryl/α,β-unsaturated/α-hetero) is 1. The van der Waals surface area contributed by atoms with Crippen molar-refractivity contribution in [1.29, 1.82) is 0 Å².